The van der Waals surface area contributed by atoms with Crippen molar-refractivity contribution < 1.29 is 0 Å². The zero-order valence-corrected chi connectivity index (χ0v) is 17.5. The number of nitrogens with zero attached hydrogens (tertiary/aromatic N) is 1. The van der Waals surface area contributed by atoms with Crippen LogP contribution in [0, 0.1) is 5.92 Å². The third-order valence-corrected chi connectivity index (χ3v) is 9.26. The predicted octanol–water partition coefficient (Wildman–Crippen LogP) is 6.40. The quantitative estimate of drug-likeness (QED) is 0.444. The van der Waals surface area contributed by atoms with E-state index in [4.69, 9.17) is 0 Å². The summed E-state index contributed by atoms with van der Waals surface area (Å²) in [6.07, 6.45) is 5.32. The zero-order valence-electron chi connectivity index (χ0n) is 16.5. The van der Waals surface area contributed by atoms with Crippen LogP contribution in [0.4, 0.5) is 0 Å². The minimum atomic E-state index is -1.37. The molecule has 0 aromatic heterocycles. The lowest BCUT2D eigenvalue weighted by Gasteiger charge is -2.38. The van der Waals surface area contributed by atoms with Gasteiger partial charge in [0.25, 0.3) is 0 Å². The van der Waals surface area contributed by atoms with E-state index in [1.54, 1.807) is 22.3 Å². The first-order valence-corrected chi connectivity index (χ1v) is 12.5. The summed E-state index contributed by atoms with van der Waals surface area (Å²) in [5, 5.41) is 0. The topological polar surface area (TPSA) is 3.24 Å². The fourth-order valence-corrected chi connectivity index (χ4v) is 6.98. The lowest BCUT2D eigenvalue weighted by molar-refractivity contribution is 0.399. The van der Waals surface area contributed by atoms with Gasteiger partial charge < -0.3 is 4.57 Å². The van der Waals surface area contributed by atoms with E-state index in [9.17, 15) is 0 Å². The molecule has 22 heavy (non-hydrogen) atoms. The van der Waals surface area contributed by atoms with Crippen LogP contribution in [-0.2, 0) is 0 Å². The Morgan fingerprint density at radius 2 is 1.41 bits per heavy atom. The molecule has 1 unspecified atom stereocenters. The highest BCUT2D eigenvalue weighted by atomic mass is 28.3. The van der Waals surface area contributed by atoms with Gasteiger partial charge in [-0.05, 0) is 69.8 Å². The van der Waals surface area contributed by atoms with Crippen molar-refractivity contribution in [2.45, 2.75) is 86.4 Å². The second-order valence-electron chi connectivity index (χ2n) is 7.86. The summed E-state index contributed by atoms with van der Waals surface area (Å²) >= 11 is 0. The summed E-state index contributed by atoms with van der Waals surface area (Å²) in [6, 6.07) is 1.35. The van der Waals surface area contributed by atoms with E-state index >= 15 is 0 Å². The summed E-state index contributed by atoms with van der Waals surface area (Å²) in [5.41, 5.74) is 6.49. The second-order valence-corrected chi connectivity index (χ2v) is 12.5. The molecule has 1 rings (SSSR count). The Hall–Kier alpha value is -0.343. The molecule has 1 atom stereocenters. The summed E-state index contributed by atoms with van der Waals surface area (Å²) in [5.74, 6) is 0.672. The average molecular weight is 322 g/mol. The molecule has 1 nitrogen and oxygen atoms in total. The fourth-order valence-electron chi connectivity index (χ4n) is 3.73. The lowest BCUT2D eigenvalue weighted by atomic mass is 10.00. The molecule has 0 fully saturated rings. The van der Waals surface area contributed by atoms with E-state index < -0.39 is 8.24 Å². The van der Waals surface area contributed by atoms with Crippen molar-refractivity contribution in [3.63, 3.8) is 0 Å². The van der Waals surface area contributed by atoms with E-state index in [1.807, 2.05) is 0 Å². The number of rotatable bonds is 9. The van der Waals surface area contributed by atoms with Crippen LogP contribution >= 0.6 is 0 Å². The van der Waals surface area contributed by atoms with Crippen LogP contribution < -0.4 is 0 Å². The molecule has 0 saturated carbocycles. The van der Waals surface area contributed by atoms with Crippen molar-refractivity contribution in [1.29, 1.82) is 0 Å². The van der Waals surface area contributed by atoms with Gasteiger partial charge in [0, 0.05) is 0 Å². The smallest absolute Gasteiger partial charge is 0.126 e. The molecule has 0 radical (unpaired) electrons. The van der Waals surface area contributed by atoms with Crippen LogP contribution in [-0.4, -0.2) is 25.9 Å². The van der Waals surface area contributed by atoms with Crippen LogP contribution in [0.5, 0.6) is 0 Å². The van der Waals surface area contributed by atoms with Crippen molar-refractivity contribution in [3.05, 3.63) is 22.3 Å². The Morgan fingerprint density at radius 3 is 1.77 bits per heavy atom. The highest BCUT2D eigenvalue weighted by Gasteiger charge is 2.34. The maximum absolute atomic E-state index is 2.88. The van der Waals surface area contributed by atoms with Crippen LogP contribution in [0.2, 0.25) is 19.1 Å². The number of allylic oxidation sites excluding steroid dienone is 4. The minimum Gasteiger partial charge on any atom is -0.323 e. The largest absolute Gasteiger partial charge is 0.323 e. The van der Waals surface area contributed by atoms with Gasteiger partial charge in [-0.15, -0.1) is 0 Å². The molecule has 128 valence electrons. The van der Waals surface area contributed by atoms with Gasteiger partial charge in [0.2, 0.25) is 0 Å². The SMILES string of the molecule is CCCCN(CCCC)[Si](C)(C)CC1=C(C)C(C)=C(C)C1C. The lowest BCUT2D eigenvalue weighted by Crippen LogP contribution is -2.50. The van der Waals surface area contributed by atoms with E-state index in [1.165, 1.54) is 44.8 Å². The molecule has 0 aromatic carbocycles. The molecule has 0 N–H and O–H groups in total. The van der Waals surface area contributed by atoms with Crippen molar-refractivity contribution in [3.8, 4) is 0 Å². The molecule has 0 aliphatic heterocycles. The highest BCUT2D eigenvalue weighted by molar-refractivity contribution is 6.75. The van der Waals surface area contributed by atoms with Gasteiger partial charge >= 0.3 is 0 Å². The third-order valence-electron chi connectivity index (χ3n) is 5.85. The fraction of sp³-hybridized carbons (Fsp3) is 0.800. The summed E-state index contributed by atoms with van der Waals surface area (Å²) in [6.45, 7) is 21.8. The first-order chi connectivity index (χ1) is 10.3. The van der Waals surface area contributed by atoms with Crippen LogP contribution in [0.1, 0.15) is 67.2 Å². The van der Waals surface area contributed by atoms with Crippen LogP contribution in [0.25, 0.3) is 0 Å². The first kappa shape index (κ1) is 19.7. The number of hydrogen-bond acceptors (Lipinski definition) is 1. The van der Waals surface area contributed by atoms with E-state index in [-0.39, 0.29) is 0 Å². The predicted molar refractivity (Wildman–Crippen MR) is 104 cm³/mol. The average Bonchev–Trinajstić information content (AvgIpc) is 2.65. The number of unbranched alkanes of at least 4 members (excludes halogenated alkanes) is 2. The second kappa shape index (κ2) is 8.49. The molecular weight excluding hydrogens is 282 g/mol. The van der Waals surface area contributed by atoms with Gasteiger partial charge in [0.05, 0.1) is 0 Å². The summed E-state index contributed by atoms with van der Waals surface area (Å²) in [4.78, 5) is 0. The molecule has 0 spiro atoms. The van der Waals surface area contributed by atoms with E-state index in [2.05, 4.69) is 59.2 Å². The van der Waals surface area contributed by atoms with E-state index in [0.717, 1.165) is 0 Å². The molecule has 1 aliphatic rings. The molecule has 0 saturated heterocycles. The summed E-state index contributed by atoms with van der Waals surface area (Å²) in [7, 11) is -1.37. The van der Waals surface area contributed by atoms with Crippen molar-refractivity contribution in [2.24, 2.45) is 5.92 Å². The third kappa shape index (κ3) is 4.58. The van der Waals surface area contributed by atoms with Crippen LogP contribution in [0.3, 0.4) is 0 Å². The molecular formula is C20H39NSi. The normalized spacial score (nSPS) is 19.8. The van der Waals surface area contributed by atoms with E-state index in [0.29, 0.717) is 5.92 Å². The maximum Gasteiger partial charge on any atom is 0.126 e. The monoisotopic (exact) mass is 321 g/mol. The van der Waals surface area contributed by atoms with Gasteiger partial charge in [-0.25, -0.2) is 0 Å². The van der Waals surface area contributed by atoms with Crippen molar-refractivity contribution in [1.82, 2.24) is 4.57 Å². The van der Waals surface area contributed by atoms with Crippen LogP contribution in [0.15, 0.2) is 22.3 Å². The van der Waals surface area contributed by atoms with Gasteiger partial charge in [-0.1, -0.05) is 57.9 Å². The highest BCUT2D eigenvalue weighted by Crippen LogP contribution is 2.41. The van der Waals surface area contributed by atoms with Gasteiger partial charge in [-0.2, -0.15) is 0 Å². The molecule has 0 aromatic rings. The molecule has 0 bridgehead atoms. The standard InChI is InChI=1S/C20H39NSi/c1-9-11-13-21(14-12-10-2)22(7,8)15-20-18(5)16(3)17(4)19(20)6/h18H,9-15H2,1-8H3. The minimum absolute atomic E-state index is 0.672. The maximum atomic E-state index is 2.88. The summed E-state index contributed by atoms with van der Waals surface area (Å²) < 4.78 is 2.88. The molecule has 1 aliphatic carbocycles. The van der Waals surface area contributed by atoms with Gasteiger partial charge in [-0.3, -0.25) is 0 Å². The Kier molecular flexibility index (Phi) is 7.61. The first-order valence-electron chi connectivity index (χ1n) is 9.38. The Balaban J connectivity index is 2.87. The Bertz CT molecular complexity index is 423. The zero-order chi connectivity index (χ0) is 16.9. The van der Waals surface area contributed by atoms with Gasteiger partial charge in [0.15, 0.2) is 0 Å². The van der Waals surface area contributed by atoms with Crippen molar-refractivity contribution >= 4 is 8.24 Å². The Labute approximate surface area is 141 Å². The van der Waals surface area contributed by atoms with Crippen molar-refractivity contribution in [2.75, 3.05) is 13.1 Å². The molecule has 2 heteroatoms. The van der Waals surface area contributed by atoms with Gasteiger partial charge in [0.1, 0.15) is 8.24 Å². The molecule has 0 heterocycles. The number of hydrogen-bond donors (Lipinski definition) is 0. The molecule has 0 amide bonds. The Morgan fingerprint density at radius 1 is 0.909 bits per heavy atom.